The van der Waals surface area contributed by atoms with E-state index in [0.717, 1.165) is 64.3 Å². The lowest BCUT2D eigenvalue weighted by atomic mass is 10.1. The molecular weight excluding hydrogens is 510 g/mol. The second-order valence-corrected chi connectivity index (χ2v) is 10.1. The molecule has 2 aliphatic rings. The number of carbonyl (C=O) groups is 2. The van der Waals surface area contributed by atoms with E-state index in [0.29, 0.717) is 16.9 Å². The molecule has 3 aromatic carbocycles. The Labute approximate surface area is 233 Å². The van der Waals surface area contributed by atoms with Gasteiger partial charge in [-0.25, -0.2) is 4.79 Å². The van der Waals surface area contributed by atoms with Gasteiger partial charge in [-0.05, 0) is 42.7 Å². The van der Waals surface area contributed by atoms with Crippen molar-refractivity contribution in [2.75, 3.05) is 61.5 Å². The predicted molar refractivity (Wildman–Crippen MR) is 154 cm³/mol. The van der Waals surface area contributed by atoms with Crippen molar-refractivity contribution in [1.82, 2.24) is 4.90 Å². The number of anilines is 3. The van der Waals surface area contributed by atoms with Crippen LogP contribution in [0, 0.1) is 10.1 Å². The van der Waals surface area contributed by atoms with E-state index >= 15 is 0 Å². The predicted octanol–water partition coefficient (Wildman–Crippen LogP) is 4.56. The highest BCUT2D eigenvalue weighted by atomic mass is 16.6. The summed E-state index contributed by atoms with van der Waals surface area (Å²) in [6.45, 7) is 5.59. The van der Waals surface area contributed by atoms with E-state index in [1.165, 1.54) is 24.8 Å². The number of amides is 1. The maximum Gasteiger partial charge on any atom is 0.337 e. The molecule has 40 heavy (non-hydrogen) atoms. The van der Waals surface area contributed by atoms with Gasteiger partial charge in [-0.1, -0.05) is 30.3 Å². The van der Waals surface area contributed by atoms with E-state index in [4.69, 9.17) is 4.74 Å². The van der Waals surface area contributed by atoms with Crippen LogP contribution in [0.25, 0.3) is 0 Å². The number of methoxy groups -OCH3 is 1. The molecule has 0 radical (unpaired) electrons. The Balaban J connectivity index is 1.40. The third-order valence-electron chi connectivity index (χ3n) is 7.51. The fourth-order valence-corrected chi connectivity index (χ4v) is 5.39. The summed E-state index contributed by atoms with van der Waals surface area (Å²) in [4.78, 5) is 43.7. The molecule has 3 aromatic rings. The number of esters is 1. The SMILES string of the molecule is COC(=O)c1ccc(N2CCN(Cc3ccccc3)CC2)c(NC(=O)c2cc([N+](=O)[O-])ccc2N2CCCC2)c1. The van der Waals surface area contributed by atoms with Gasteiger partial charge in [0, 0.05) is 57.9 Å². The van der Waals surface area contributed by atoms with Gasteiger partial charge in [-0.2, -0.15) is 0 Å². The smallest absolute Gasteiger partial charge is 0.337 e. The highest BCUT2D eigenvalue weighted by Gasteiger charge is 2.25. The zero-order valence-electron chi connectivity index (χ0n) is 22.5. The summed E-state index contributed by atoms with van der Waals surface area (Å²) in [5.74, 6) is -0.973. The van der Waals surface area contributed by atoms with Crippen molar-refractivity contribution in [3.8, 4) is 0 Å². The summed E-state index contributed by atoms with van der Waals surface area (Å²) in [7, 11) is 1.31. The normalized spacial score (nSPS) is 15.6. The summed E-state index contributed by atoms with van der Waals surface area (Å²) >= 11 is 0. The number of piperazine rings is 1. The van der Waals surface area contributed by atoms with Gasteiger partial charge in [0.05, 0.1) is 40.2 Å². The number of carbonyl (C=O) groups excluding carboxylic acids is 2. The van der Waals surface area contributed by atoms with Crippen LogP contribution in [-0.4, -0.2) is 68.1 Å². The fraction of sp³-hybridized carbons (Fsp3) is 0.333. The first-order valence-electron chi connectivity index (χ1n) is 13.5. The fourth-order valence-electron chi connectivity index (χ4n) is 5.39. The molecule has 0 spiro atoms. The van der Waals surface area contributed by atoms with E-state index in [2.05, 4.69) is 32.1 Å². The molecule has 0 unspecified atom stereocenters. The number of nitrogens with one attached hydrogen (secondary N) is 1. The van der Waals surface area contributed by atoms with Crippen molar-refractivity contribution in [2.24, 2.45) is 0 Å². The molecule has 10 nitrogen and oxygen atoms in total. The topological polar surface area (TPSA) is 108 Å². The summed E-state index contributed by atoms with van der Waals surface area (Å²) in [5.41, 5.74) is 3.57. The quantitative estimate of drug-likeness (QED) is 0.250. The first-order valence-corrected chi connectivity index (χ1v) is 13.5. The number of non-ortho nitro benzene ring substituents is 1. The molecule has 2 saturated heterocycles. The number of rotatable bonds is 8. The van der Waals surface area contributed by atoms with Gasteiger partial charge >= 0.3 is 5.97 Å². The van der Waals surface area contributed by atoms with E-state index in [-0.39, 0.29) is 11.3 Å². The molecule has 0 bridgehead atoms. The van der Waals surface area contributed by atoms with E-state index in [9.17, 15) is 19.7 Å². The minimum absolute atomic E-state index is 0.147. The molecule has 2 fully saturated rings. The number of nitrogens with zero attached hydrogens (tertiary/aromatic N) is 4. The molecule has 5 rings (SSSR count). The minimum atomic E-state index is -0.511. The molecule has 2 heterocycles. The van der Waals surface area contributed by atoms with Crippen molar-refractivity contribution < 1.29 is 19.2 Å². The molecular formula is C30H33N5O5. The zero-order chi connectivity index (χ0) is 28.1. The molecule has 10 heteroatoms. The molecule has 0 saturated carbocycles. The Morgan fingerprint density at radius 3 is 2.23 bits per heavy atom. The monoisotopic (exact) mass is 543 g/mol. The van der Waals surface area contributed by atoms with Gasteiger partial charge < -0.3 is 19.9 Å². The Bertz CT molecular complexity index is 1380. The zero-order valence-corrected chi connectivity index (χ0v) is 22.5. The van der Waals surface area contributed by atoms with Crippen molar-refractivity contribution in [1.29, 1.82) is 0 Å². The van der Waals surface area contributed by atoms with Crippen molar-refractivity contribution in [3.63, 3.8) is 0 Å². The number of ether oxygens (including phenoxy) is 1. The average molecular weight is 544 g/mol. The minimum Gasteiger partial charge on any atom is -0.465 e. The summed E-state index contributed by atoms with van der Waals surface area (Å²) in [6.07, 6.45) is 2.00. The van der Waals surface area contributed by atoms with Crippen LogP contribution in [0.15, 0.2) is 66.7 Å². The number of nitro groups is 1. The summed E-state index contributed by atoms with van der Waals surface area (Å²) < 4.78 is 4.91. The maximum absolute atomic E-state index is 13.7. The Morgan fingerprint density at radius 1 is 0.875 bits per heavy atom. The third-order valence-corrected chi connectivity index (χ3v) is 7.51. The highest BCUT2D eigenvalue weighted by molar-refractivity contribution is 6.10. The first-order chi connectivity index (χ1) is 19.4. The second-order valence-electron chi connectivity index (χ2n) is 10.1. The van der Waals surface area contributed by atoms with Crippen LogP contribution in [0.1, 0.15) is 39.1 Å². The lowest BCUT2D eigenvalue weighted by Gasteiger charge is -2.37. The number of hydrogen-bond donors (Lipinski definition) is 1. The number of benzene rings is 3. The van der Waals surface area contributed by atoms with Crippen molar-refractivity contribution in [3.05, 3.63) is 93.5 Å². The molecule has 0 aliphatic carbocycles. The van der Waals surface area contributed by atoms with Crippen molar-refractivity contribution in [2.45, 2.75) is 19.4 Å². The van der Waals surface area contributed by atoms with E-state index < -0.39 is 16.8 Å². The van der Waals surface area contributed by atoms with Crippen LogP contribution < -0.4 is 15.1 Å². The largest absolute Gasteiger partial charge is 0.465 e. The van der Waals surface area contributed by atoms with Gasteiger partial charge in [0.25, 0.3) is 11.6 Å². The van der Waals surface area contributed by atoms with Gasteiger partial charge in [-0.15, -0.1) is 0 Å². The molecule has 1 amide bonds. The molecule has 2 aliphatic heterocycles. The lowest BCUT2D eigenvalue weighted by Crippen LogP contribution is -2.46. The van der Waals surface area contributed by atoms with Gasteiger partial charge in [0.2, 0.25) is 0 Å². The first kappa shape index (κ1) is 27.1. The average Bonchev–Trinajstić information content (AvgIpc) is 3.52. The molecule has 1 N–H and O–H groups in total. The maximum atomic E-state index is 13.7. The Morgan fingerprint density at radius 2 is 1.55 bits per heavy atom. The highest BCUT2D eigenvalue weighted by Crippen LogP contribution is 2.32. The van der Waals surface area contributed by atoms with Crippen LogP contribution >= 0.6 is 0 Å². The third kappa shape index (κ3) is 6.07. The standard InChI is InChI=1S/C30H33N5O5/c1-40-30(37)23-9-11-28(34-17-15-32(16-18-34)21-22-7-3-2-4-8-22)26(19-23)31-29(36)25-20-24(35(38)39)10-12-27(25)33-13-5-6-14-33/h2-4,7-12,19-20H,5-6,13-18,21H2,1H3,(H,31,36). The van der Waals surface area contributed by atoms with Crippen LogP contribution in [-0.2, 0) is 11.3 Å². The van der Waals surface area contributed by atoms with E-state index in [1.807, 2.05) is 24.3 Å². The van der Waals surface area contributed by atoms with Gasteiger partial charge in [0.15, 0.2) is 0 Å². The second kappa shape index (κ2) is 12.2. The van der Waals surface area contributed by atoms with Crippen molar-refractivity contribution >= 4 is 34.6 Å². The summed E-state index contributed by atoms with van der Waals surface area (Å²) in [5, 5.41) is 14.5. The van der Waals surface area contributed by atoms with Gasteiger partial charge in [-0.3, -0.25) is 19.8 Å². The number of hydrogen-bond acceptors (Lipinski definition) is 8. The van der Waals surface area contributed by atoms with Crippen LogP contribution in [0.5, 0.6) is 0 Å². The number of nitro benzene ring substituents is 1. The lowest BCUT2D eigenvalue weighted by molar-refractivity contribution is -0.384. The van der Waals surface area contributed by atoms with Crippen LogP contribution in [0.2, 0.25) is 0 Å². The van der Waals surface area contributed by atoms with Crippen LogP contribution in [0.3, 0.4) is 0 Å². The molecule has 0 atom stereocenters. The molecule has 0 aromatic heterocycles. The molecule has 208 valence electrons. The Hall–Kier alpha value is -4.44. The summed E-state index contributed by atoms with van der Waals surface area (Å²) in [6, 6.07) is 19.9. The van der Waals surface area contributed by atoms with E-state index in [1.54, 1.807) is 18.2 Å². The Kier molecular flexibility index (Phi) is 8.26. The van der Waals surface area contributed by atoms with Crippen LogP contribution in [0.4, 0.5) is 22.7 Å². The van der Waals surface area contributed by atoms with Gasteiger partial charge in [0.1, 0.15) is 0 Å².